The molecule has 2 N–H and O–H groups in total. The largest absolute Gasteiger partial charge is 0.379 e. The van der Waals surface area contributed by atoms with E-state index in [9.17, 15) is 9.18 Å². The SMILES string of the molecule is O=C(NCC(c1cccs1)N1CCOCC1)c1cc2cc(F)ccc2[nH]1. The fourth-order valence-electron chi connectivity index (χ4n) is 3.29. The number of hydrogen-bond donors (Lipinski definition) is 2. The molecule has 7 heteroatoms. The highest BCUT2D eigenvalue weighted by Gasteiger charge is 2.24. The molecule has 4 rings (SSSR count). The predicted octanol–water partition coefficient (Wildman–Crippen LogP) is 3.17. The van der Waals surface area contributed by atoms with E-state index in [4.69, 9.17) is 4.74 Å². The van der Waals surface area contributed by atoms with Crippen LogP contribution in [0.25, 0.3) is 10.9 Å². The van der Waals surface area contributed by atoms with Crippen molar-refractivity contribution < 1.29 is 13.9 Å². The van der Waals surface area contributed by atoms with Crippen LogP contribution in [-0.4, -0.2) is 48.6 Å². The number of nitrogens with one attached hydrogen (secondary N) is 2. The zero-order valence-electron chi connectivity index (χ0n) is 14.2. The van der Waals surface area contributed by atoms with E-state index < -0.39 is 0 Å². The van der Waals surface area contributed by atoms with Crippen LogP contribution in [0, 0.1) is 5.82 Å². The van der Waals surface area contributed by atoms with Gasteiger partial charge in [-0.25, -0.2) is 4.39 Å². The zero-order chi connectivity index (χ0) is 17.9. The van der Waals surface area contributed by atoms with E-state index in [1.807, 2.05) is 6.07 Å². The normalized spacial score (nSPS) is 16.7. The molecule has 0 radical (unpaired) electrons. The van der Waals surface area contributed by atoms with Gasteiger partial charge in [0.25, 0.3) is 5.91 Å². The molecule has 2 aromatic heterocycles. The van der Waals surface area contributed by atoms with Crippen molar-refractivity contribution in [3.63, 3.8) is 0 Å². The van der Waals surface area contributed by atoms with E-state index in [0.717, 1.165) is 18.6 Å². The van der Waals surface area contributed by atoms with Crippen molar-refractivity contribution in [1.29, 1.82) is 0 Å². The summed E-state index contributed by atoms with van der Waals surface area (Å²) in [5, 5.41) is 5.77. The Morgan fingerprint density at radius 3 is 2.92 bits per heavy atom. The van der Waals surface area contributed by atoms with Crippen LogP contribution >= 0.6 is 11.3 Å². The number of ether oxygens (including phenoxy) is 1. The van der Waals surface area contributed by atoms with Crippen LogP contribution in [0.15, 0.2) is 41.8 Å². The summed E-state index contributed by atoms with van der Waals surface area (Å²) in [4.78, 5) is 19.2. The van der Waals surface area contributed by atoms with E-state index in [1.165, 1.54) is 17.0 Å². The lowest BCUT2D eigenvalue weighted by Crippen LogP contribution is -2.43. The number of fused-ring (bicyclic) bond motifs is 1. The van der Waals surface area contributed by atoms with E-state index in [-0.39, 0.29) is 17.8 Å². The molecule has 1 atom stereocenters. The number of hydrogen-bond acceptors (Lipinski definition) is 4. The highest BCUT2D eigenvalue weighted by atomic mass is 32.1. The van der Waals surface area contributed by atoms with Gasteiger partial charge in [-0.3, -0.25) is 9.69 Å². The minimum absolute atomic E-state index is 0.129. The van der Waals surface area contributed by atoms with Crippen LogP contribution in [0.4, 0.5) is 4.39 Å². The van der Waals surface area contributed by atoms with Gasteiger partial charge < -0.3 is 15.0 Å². The van der Waals surface area contributed by atoms with Gasteiger partial charge in [0.1, 0.15) is 11.5 Å². The smallest absolute Gasteiger partial charge is 0.267 e. The highest BCUT2D eigenvalue weighted by Crippen LogP contribution is 2.25. The molecule has 3 heterocycles. The molecule has 1 fully saturated rings. The first kappa shape index (κ1) is 17.2. The van der Waals surface area contributed by atoms with Gasteiger partial charge in [-0.05, 0) is 35.7 Å². The third-order valence-corrected chi connectivity index (χ3v) is 5.61. The Hall–Kier alpha value is -2.22. The quantitative estimate of drug-likeness (QED) is 0.722. The standard InChI is InChI=1S/C19H20FN3O2S/c20-14-3-4-15-13(10-14)11-16(22-15)19(24)21-12-17(18-2-1-9-26-18)23-5-7-25-8-6-23/h1-4,9-11,17,22H,5-8,12H2,(H,21,24). The number of carbonyl (C=O) groups is 1. The Balaban J connectivity index is 1.48. The van der Waals surface area contributed by atoms with E-state index in [2.05, 4.69) is 26.6 Å². The van der Waals surface area contributed by atoms with E-state index >= 15 is 0 Å². The molecular weight excluding hydrogens is 353 g/mol. The molecule has 136 valence electrons. The summed E-state index contributed by atoms with van der Waals surface area (Å²) in [5.74, 6) is -0.495. The molecule has 1 aliphatic rings. The topological polar surface area (TPSA) is 57.4 Å². The first-order chi connectivity index (χ1) is 12.7. The van der Waals surface area contributed by atoms with Gasteiger partial charge in [0.2, 0.25) is 0 Å². The molecule has 0 bridgehead atoms. The van der Waals surface area contributed by atoms with Crippen molar-refractivity contribution in [2.45, 2.75) is 6.04 Å². The minimum Gasteiger partial charge on any atom is -0.379 e. The summed E-state index contributed by atoms with van der Waals surface area (Å²) >= 11 is 1.69. The monoisotopic (exact) mass is 373 g/mol. The zero-order valence-corrected chi connectivity index (χ0v) is 15.0. The lowest BCUT2D eigenvalue weighted by Gasteiger charge is -2.34. The molecule has 1 unspecified atom stereocenters. The molecule has 3 aromatic rings. The van der Waals surface area contributed by atoms with Gasteiger partial charge in [-0.1, -0.05) is 6.07 Å². The summed E-state index contributed by atoms with van der Waals surface area (Å²) in [6.45, 7) is 3.64. The Bertz CT molecular complexity index is 887. The molecule has 5 nitrogen and oxygen atoms in total. The Labute approximate surface area is 154 Å². The summed E-state index contributed by atoms with van der Waals surface area (Å²) in [6.07, 6.45) is 0. The van der Waals surface area contributed by atoms with Gasteiger partial charge in [-0.15, -0.1) is 11.3 Å². The van der Waals surface area contributed by atoms with E-state index in [1.54, 1.807) is 23.5 Å². The number of nitrogens with zero attached hydrogens (tertiary/aromatic N) is 1. The Morgan fingerprint density at radius 2 is 2.15 bits per heavy atom. The van der Waals surface area contributed by atoms with Crippen LogP contribution in [-0.2, 0) is 4.74 Å². The number of H-pyrrole nitrogens is 1. The van der Waals surface area contributed by atoms with Crippen LogP contribution in [0.1, 0.15) is 21.4 Å². The number of aromatic nitrogens is 1. The number of aromatic amines is 1. The maximum atomic E-state index is 13.3. The van der Waals surface area contributed by atoms with Crippen molar-refractivity contribution in [3.05, 3.63) is 58.2 Å². The fraction of sp³-hybridized carbons (Fsp3) is 0.316. The minimum atomic E-state index is -0.312. The van der Waals surface area contributed by atoms with Crippen LogP contribution < -0.4 is 5.32 Å². The van der Waals surface area contributed by atoms with Crippen LogP contribution in [0.3, 0.4) is 0 Å². The number of benzene rings is 1. The average molecular weight is 373 g/mol. The van der Waals surface area contributed by atoms with Crippen molar-refractivity contribution in [2.24, 2.45) is 0 Å². The average Bonchev–Trinajstić information content (AvgIpc) is 3.32. The molecule has 0 aliphatic carbocycles. The molecule has 1 amide bonds. The third kappa shape index (κ3) is 3.65. The predicted molar refractivity (Wildman–Crippen MR) is 100 cm³/mol. The van der Waals surface area contributed by atoms with Crippen LogP contribution in [0.2, 0.25) is 0 Å². The number of amides is 1. The van der Waals surface area contributed by atoms with Crippen molar-refractivity contribution >= 4 is 28.1 Å². The number of thiophene rings is 1. The van der Waals surface area contributed by atoms with Crippen molar-refractivity contribution in [3.8, 4) is 0 Å². The maximum absolute atomic E-state index is 13.3. The molecule has 26 heavy (non-hydrogen) atoms. The second kappa shape index (κ2) is 7.57. The molecule has 0 spiro atoms. The maximum Gasteiger partial charge on any atom is 0.267 e. The second-order valence-corrected chi connectivity index (χ2v) is 7.28. The molecule has 1 aromatic carbocycles. The summed E-state index contributed by atoms with van der Waals surface area (Å²) in [6, 6.07) is 10.4. The summed E-state index contributed by atoms with van der Waals surface area (Å²) in [5.41, 5.74) is 1.19. The second-order valence-electron chi connectivity index (χ2n) is 6.30. The Kier molecular flexibility index (Phi) is 5.01. The number of carbonyl (C=O) groups excluding carboxylic acids is 1. The van der Waals surface area contributed by atoms with Crippen molar-refractivity contribution in [2.75, 3.05) is 32.8 Å². The lowest BCUT2D eigenvalue weighted by molar-refractivity contribution is 0.0169. The van der Waals surface area contributed by atoms with Crippen LogP contribution in [0.5, 0.6) is 0 Å². The summed E-state index contributed by atoms with van der Waals surface area (Å²) in [7, 11) is 0. The lowest BCUT2D eigenvalue weighted by atomic mass is 10.2. The van der Waals surface area contributed by atoms with Gasteiger partial charge in [0, 0.05) is 35.4 Å². The fourth-order valence-corrected chi connectivity index (χ4v) is 4.15. The molecular formula is C19H20FN3O2S. The number of rotatable bonds is 5. The van der Waals surface area contributed by atoms with Gasteiger partial charge in [0.15, 0.2) is 0 Å². The molecule has 1 saturated heterocycles. The summed E-state index contributed by atoms with van der Waals surface area (Å²) < 4.78 is 18.8. The highest BCUT2D eigenvalue weighted by molar-refractivity contribution is 7.10. The number of halogens is 1. The van der Waals surface area contributed by atoms with E-state index in [0.29, 0.717) is 30.8 Å². The first-order valence-electron chi connectivity index (χ1n) is 8.62. The van der Waals surface area contributed by atoms with Crippen molar-refractivity contribution in [1.82, 2.24) is 15.2 Å². The Morgan fingerprint density at radius 1 is 1.31 bits per heavy atom. The van der Waals surface area contributed by atoms with Gasteiger partial charge in [0.05, 0.1) is 19.3 Å². The molecule has 0 saturated carbocycles. The first-order valence-corrected chi connectivity index (χ1v) is 9.50. The van der Waals surface area contributed by atoms with Gasteiger partial charge in [-0.2, -0.15) is 0 Å². The van der Waals surface area contributed by atoms with Gasteiger partial charge >= 0.3 is 0 Å². The molecule has 1 aliphatic heterocycles. The number of morpholine rings is 1. The third-order valence-electron chi connectivity index (χ3n) is 4.64.